The topological polar surface area (TPSA) is 55.5 Å². The Bertz CT molecular complexity index is 303. The minimum atomic E-state index is -0.424. The summed E-state index contributed by atoms with van der Waals surface area (Å²) in [5.74, 6) is 0. The van der Waals surface area contributed by atoms with Crippen LogP contribution in [0.3, 0.4) is 0 Å². The third-order valence-electron chi connectivity index (χ3n) is 1.38. The second-order valence-electron chi connectivity index (χ2n) is 2.24. The van der Waals surface area contributed by atoms with Gasteiger partial charge in [0, 0.05) is 25.4 Å². The van der Waals surface area contributed by atoms with Gasteiger partial charge in [-0.1, -0.05) is 0 Å². The molecule has 0 fully saturated rings. The Morgan fingerprint density at radius 1 is 1.42 bits per heavy atom. The van der Waals surface area contributed by atoms with Crippen molar-refractivity contribution in [1.29, 1.82) is 0 Å². The van der Waals surface area contributed by atoms with E-state index in [1.54, 1.807) is 25.4 Å². The van der Waals surface area contributed by atoms with E-state index >= 15 is 0 Å². The third kappa shape index (κ3) is 1.88. The van der Waals surface area contributed by atoms with Crippen molar-refractivity contribution in [3.63, 3.8) is 0 Å². The predicted molar refractivity (Wildman–Crippen MR) is 46.6 cm³/mol. The first-order valence-corrected chi connectivity index (χ1v) is 3.40. The van der Waals surface area contributed by atoms with Crippen molar-refractivity contribution in [2.45, 2.75) is 0 Å². The standard InChI is InChI=1S/C8H8N2O2/c1-9-6-7-2-4-8(5-3-7)10(11)12/h2-6H,1H3. The van der Waals surface area contributed by atoms with Crippen LogP contribution in [0.5, 0.6) is 0 Å². The van der Waals surface area contributed by atoms with E-state index in [0.29, 0.717) is 0 Å². The first-order chi connectivity index (χ1) is 5.74. The molecule has 0 radical (unpaired) electrons. The molecular formula is C8H8N2O2. The van der Waals surface area contributed by atoms with Crippen molar-refractivity contribution in [1.82, 2.24) is 0 Å². The summed E-state index contributed by atoms with van der Waals surface area (Å²) in [4.78, 5) is 13.6. The Kier molecular flexibility index (Phi) is 2.53. The molecule has 0 saturated heterocycles. The van der Waals surface area contributed by atoms with Gasteiger partial charge in [0.25, 0.3) is 5.69 Å². The molecule has 0 unspecified atom stereocenters. The Morgan fingerprint density at radius 3 is 2.42 bits per heavy atom. The molecule has 0 N–H and O–H groups in total. The highest BCUT2D eigenvalue weighted by molar-refractivity contribution is 5.79. The van der Waals surface area contributed by atoms with E-state index in [4.69, 9.17) is 0 Å². The highest BCUT2D eigenvalue weighted by Gasteiger charge is 2.01. The van der Waals surface area contributed by atoms with E-state index in [1.807, 2.05) is 0 Å². The predicted octanol–water partition coefficient (Wildman–Crippen LogP) is 1.64. The SMILES string of the molecule is CN=Cc1ccc([N+](=O)[O-])cc1. The second-order valence-corrected chi connectivity index (χ2v) is 2.24. The number of aliphatic imine (C=N–C) groups is 1. The minimum Gasteiger partial charge on any atom is -0.296 e. The van der Waals surface area contributed by atoms with E-state index in [-0.39, 0.29) is 5.69 Å². The molecule has 0 heterocycles. The highest BCUT2D eigenvalue weighted by Crippen LogP contribution is 2.10. The number of hydrogen-bond acceptors (Lipinski definition) is 3. The second kappa shape index (κ2) is 3.61. The highest BCUT2D eigenvalue weighted by atomic mass is 16.6. The lowest BCUT2D eigenvalue weighted by Gasteiger charge is -1.91. The zero-order chi connectivity index (χ0) is 8.97. The third-order valence-corrected chi connectivity index (χ3v) is 1.38. The Labute approximate surface area is 69.7 Å². The molecule has 0 bridgehead atoms. The van der Waals surface area contributed by atoms with Gasteiger partial charge in [0.2, 0.25) is 0 Å². The number of benzene rings is 1. The molecule has 1 rings (SSSR count). The molecule has 0 atom stereocenters. The van der Waals surface area contributed by atoms with E-state index in [9.17, 15) is 10.1 Å². The van der Waals surface area contributed by atoms with Gasteiger partial charge in [-0.05, 0) is 17.7 Å². The maximum atomic E-state index is 10.2. The Morgan fingerprint density at radius 2 is 2.00 bits per heavy atom. The van der Waals surface area contributed by atoms with Crippen LogP contribution in [0.1, 0.15) is 5.56 Å². The van der Waals surface area contributed by atoms with Gasteiger partial charge < -0.3 is 0 Å². The summed E-state index contributed by atoms with van der Waals surface area (Å²) in [5, 5.41) is 10.2. The largest absolute Gasteiger partial charge is 0.296 e. The summed E-state index contributed by atoms with van der Waals surface area (Å²) in [6.45, 7) is 0. The molecule has 0 aliphatic carbocycles. The van der Waals surface area contributed by atoms with Crippen LogP contribution in [-0.2, 0) is 0 Å². The van der Waals surface area contributed by atoms with E-state index < -0.39 is 4.92 Å². The average Bonchev–Trinajstić information content (AvgIpc) is 2.06. The molecule has 0 aliphatic rings. The van der Waals surface area contributed by atoms with Crippen LogP contribution >= 0.6 is 0 Å². The summed E-state index contributed by atoms with van der Waals surface area (Å²) >= 11 is 0. The van der Waals surface area contributed by atoms with Crippen LogP contribution in [0.15, 0.2) is 29.3 Å². The summed E-state index contributed by atoms with van der Waals surface area (Å²) < 4.78 is 0. The number of nitro groups is 1. The monoisotopic (exact) mass is 164 g/mol. The van der Waals surface area contributed by atoms with Gasteiger partial charge in [-0.15, -0.1) is 0 Å². The number of nitrogens with zero attached hydrogens (tertiary/aromatic N) is 2. The molecule has 0 saturated carbocycles. The van der Waals surface area contributed by atoms with Crippen molar-refractivity contribution >= 4 is 11.9 Å². The number of rotatable bonds is 2. The molecule has 62 valence electrons. The maximum Gasteiger partial charge on any atom is 0.269 e. The molecule has 0 aromatic heterocycles. The van der Waals surface area contributed by atoms with Crippen LogP contribution in [0.2, 0.25) is 0 Å². The summed E-state index contributed by atoms with van der Waals surface area (Å²) in [6, 6.07) is 6.23. The molecule has 4 heteroatoms. The van der Waals surface area contributed by atoms with Gasteiger partial charge in [0.15, 0.2) is 0 Å². The van der Waals surface area contributed by atoms with Crippen LogP contribution in [0.4, 0.5) is 5.69 Å². The molecule has 4 nitrogen and oxygen atoms in total. The quantitative estimate of drug-likeness (QED) is 0.379. The zero-order valence-electron chi connectivity index (χ0n) is 6.60. The van der Waals surface area contributed by atoms with Crippen molar-refractivity contribution in [2.24, 2.45) is 4.99 Å². The molecule has 0 amide bonds. The molecule has 1 aromatic carbocycles. The van der Waals surface area contributed by atoms with Crippen LogP contribution in [0.25, 0.3) is 0 Å². The summed E-state index contributed by atoms with van der Waals surface area (Å²) in [6.07, 6.45) is 1.64. The smallest absolute Gasteiger partial charge is 0.269 e. The average molecular weight is 164 g/mol. The molecular weight excluding hydrogens is 156 g/mol. The Balaban J connectivity index is 2.93. The molecule has 0 aliphatic heterocycles. The van der Waals surface area contributed by atoms with E-state index in [2.05, 4.69) is 4.99 Å². The van der Waals surface area contributed by atoms with Crippen LogP contribution in [-0.4, -0.2) is 18.2 Å². The lowest BCUT2D eigenvalue weighted by Crippen LogP contribution is -1.88. The first kappa shape index (κ1) is 8.39. The minimum absolute atomic E-state index is 0.100. The van der Waals surface area contributed by atoms with Crippen molar-refractivity contribution in [3.8, 4) is 0 Å². The fraction of sp³-hybridized carbons (Fsp3) is 0.125. The lowest BCUT2D eigenvalue weighted by atomic mass is 10.2. The molecule has 1 aromatic rings. The van der Waals surface area contributed by atoms with Gasteiger partial charge in [-0.2, -0.15) is 0 Å². The van der Waals surface area contributed by atoms with E-state index in [1.165, 1.54) is 12.1 Å². The Hall–Kier alpha value is -1.71. The van der Waals surface area contributed by atoms with Crippen molar-refractivity contribution in [3.05, 3.63) is 39.9 Å². The van der Waals surface area contributed by atoms with Gasteiger partial charge in [-0.3, -0.25) is 15.1 Å². The van der Waals surface area contributed by atoms with Gasteiger partial charge in [-0.25, -0.2) is 0 Å². The molecule has 12 heavy (non-hydrogen) atoms. The number of nitro benzene ring substituents is 1. The normalized spacial score (nSPS) is 10.4. The van der Waals surface area contributed by atoms with E-state index in [0.717, 1.165) is 5.56 Å². The van der Waals surface area contributed by atoms with Gasteiger partial charge in [0.1, 0.15) is 0 Å². The lowest BCUT2D eigenvalue weighted by molar-refractivity contribution is -0.384. The fourth-order valence-electron chi connectivity index (χ4n) is 0.831. The summed E-state index contributed by atoms with van der Waals surface area (Å²) in [5.41, 5.74) is 0.964. The maximum absolute atomic E-state index is 10.2. The fourth-order valence-corrected chi connectivity index (χ4v) is 0.831. The van der Waals surface area contributed by atoms with Crippen LogP contribution in [0, 0.1) is 10.1 Å². The van der Waals surface area contributed by atoms with Crippen LogP contribution < -0.4 is 0 Å². The molecule has 0 spiro atoms. The number of non-ortho nitro benzene ring substituents is 1. The zero-order valence-corrected chi connectivity index (χ0v) is 6.60. The van der Waals surface area contributed by atoms with Gasteiger partial charge >= 0.3 is 0 Å². The first-order valence-electron chi connectivity index (χ1n) is 3.40. The van der Waals surface area contributed by atoms with Gasteiger partial charge in [0.05, 0.1) is 4.92 Å². The van der Waals surface area contributed by atoms with Crippen molar-refractivity contribution in [2.75, 3.05) is 7.05 Å². The van der Waals surface area contributed by atoms with Crippen molar-refractivity contribution < 1.29 is 4.92 Å². The summed E-state index contributed by atoms with van der Waals surface area (Å²) in [7, 11) is 1.65. The number of hydrogen-bond donors (Lipinski definition) is 0.